The Morgan fingerprint density at radius 2 is 1.81 bits per heavy atom. The second kappa shape index (κ2) is 7.66. The summed E-state index contributed by atoms with van der Waals surface area (Å²) < 4.78 is 27.2. The third kappa shape index (κ3) is 4.90. The van der Waals surface area contributed by atoms with Gasteiger partial charge in [-0.05, 0) is 67.7 Å². The van der Waals surface area contributed by atoms with Gasteiger partial charge in [-0.15, -0.1) is 0 Å². The summed E-state index contributed by atoms with van der Waals surface area (Å²) >= 11 is 3.40. The van der Waals surface area contributed by atoms with Crippen molar-refractivity contribution in [3.63, 3.8) is 0 Å². The van der Waals surface area contributed by atoms with E-state index in [0.717, 1.165) is 35.0 Å². The number of halogens is 3. The van der Waals surface area contributed by atoms with Crippen LogP contribution in [0.3, 0.4) is 0 Å². The minimum atomic E-state index is -0.249. The second-order valence-electron chi connectivity index (χ2n) is 5.20. The molecule has 112 valence electrons. The van der Waals surface area contributed by atoms with E-state index in [1.807, 2.05) is 13.1 Å². The van der Waals surface area contributed by atoms with Crippen LogP contribution in [-0.2, 0) is 12.8 Å². The zero-order valence-electron chi connectivity index (χ0n) is 11.9. The van der Waals surface area contributed by atoms with Gasteiger partial charge >= 0.3 is 0 Å². The van der Waals surface area contributed by atoms with Crippen molar-refractivity contribution < 1.29 is 8.78 Å². The predicted molar refractivity (Wildman–Crippen MR) is 85.3 cm³/mol. The van der Waals surface area contributed by atoms with E-state index >= 15 is 0 Å². The summed E-state index contributed by atoms with van der Waals surface area (Å²) in [6, 6.07) is 11.4. The normalized spacial score (nSPS) is 12.4. The molecule has 0 heterocycles. The molecule has 0 fully saturated rings. The van der Waals surface area contributed by atoms with E-state index in [4.69, 9.17) is 0 Å². The van der Waals surface area contributed by atoms with Gasteiger partial charge in [0.2, 0.25) is 0 Å². The fraction of sp³-hybridized carbons (Fsp3) is 0.294. The van der Waals surface area contributed by atoms with Crippen molar-refractivity contribution in [2.75, 3.05) is 13.6 Å². The van der Waals surface area contributed by atoms with Crippen LogP contribution in [0.25, 0.3) is 0 Å². The molecule has 0 aliphatic heterocycles. The predicted octanol–water partition coefficient (Wildman–Crippen LogP) is 4.35. The highest BCUT2D eigenvalue weighted by atomic mass is 79.9. The molecule has 0 aliphatic carbocycles. The van der Waals surface area contributed by atoms with Gasteiger partial charge in [0.05, 0.1) is 0 Å². The van der Waals surface area contributed by atoms with Crippen LogP contribution in [0.1, 0.15) is 11.1 Å². The molecule has 2 rings (SSSR count). The van der Waals surface area contributed by atoms with Crippen molar-refractivity contribution >= 4 is 15.9 Å². The van der Waals surface area contributed by atoms with Gasteiger partial charge in [-0.1, -0.05) is 34.1 Å². The first-order valence-corrected chi connectivity index (χ1v) is 7.70. The molecular formula is C17H18BrF2N. The molecular weight excluding hydrogens is 336 g/mol. The van der Waals surface area contributed by atoms with Crippen molar-refractivity contribution in [3.05, 3.63) is 69.7 Å². The Kier molecular flexibility index (Phi) is 5.88. The molecule has 0 aliphatic rings. The monoisotopic (exact) mass is 353 g/mol. The lowest BCUT2D eigenvalue weighted by atomic mass is 9.92. The lowest BCUT2D eigenvalue weighted by molar-refractivity contribution is 0.490. The number of benzene rings is 2. The zero-order chi connectivity index (χ0) is 15.2. The summed E-state index contributed by atoms with van der Waals surface area (Å²) in [4.78, 5) is 0. The van der Waals surface area contributed by atoms with E-state index in [1.165, 1.54) is 18.2 Å². The molecule has 0 saturated carbocycles. The fourth-order valence-electron chi connectivity index (χ4n) is 2.50. The van der Waals surface area contributed by atoms with Crippen LogP contribution in [0.5, 0.6) is 0 Å². The fourth-order valence-corrected chi connectivity index (χ4v) is 3.01. The van der Waals surface area contributed by atoms with Crippen LogP contribution in [0, 0.1) is 17.6 Å². The Labute approximate surface area is 132 Å². The third-order valence-electron chi connectivity index (χ3n) is 3.43. The van der Waals surface area contributed by atoms with Crippen LogP contribution in [0.15, 0.2) is 46.9 Å². The molecule has 0 radical (unpaired) electrons. The van der Waals surface area contributed by atoms with E-state index < -0.39 is 0 Å². The number of hydrogen-bond acceptors (Lipinski definition) is 1. The molecule has 2 aromatic carbocycles. The van der Waals surface area contributed by atoms with Crippen molar-refractivity contribution in [3.8, 4) is 0 Å². The molecule has 0 amide bonds. The number of nitrogens with one attached hydrogen (secondary N) is 1. The van der Waals surface area contributed by atoms with Crippen molar-refractivity contribution in [1.29, 1.82) is 0 Å². The molecule has 0 spiro atoms. The highest BCUT2D eigenvalue weighted by Gasteiger charge is 2.13. The van der Waals surface area contributed by atoms with Gasteiger partial charge in [0.25, 0.3) is 0 Å². The number of rotatable bonds is 6. The molecule has 1 N–H and O–H groups in total. The molecule has 21 heavy (non-hydrogen) atoms. The van der Waals surface area contributed by atoms with Gasteiger partial charge in [0, 0.05) is 4.47 Å². The summed E-state index contributed by atoms with van der Waals surface area (Å²) in [6.07, 6.45) is 1.58. The Bertz CT molecular complexity index is 601. The van der Waals surface area contributed by atoms with E-state index in [9.17, 15) is 8.78 Å². The Balaban J connectivity index is 2.11. The van der Waals surface area contributed by atoms with Gasteiger partial charge in [0.1, 0.15) is 11.6 Å². The maximum Gasteiger partial charge on any atom is 0.124 e. The third-order valence-corrected chi connectivity index (χ3v) is 4.17. The minimum absolute atomic E-state index is 0.210. The maximum atomic E-state index is 13.3. The molecule has 1 nitrogen and oxygen atoms in total. The highest BCUT2D eigenvalue weighted by Crippen LogP contribution is 2.23. The smallest absolute Gasteiger partial charge is 0.124 e. The first-order chi connectivity index (χ1) is 10.1. The molecule has 1 atom stereocenters. The minimum Gasteiger partial charge on any atom is -0.319 e. The first-order valence-electron chi connectivity index (χ1n) is 6.91. The average Bonchev–Trinajstić information content (AvgIpc) is 2.42. The zero-order valence-corrected chi connectivity index (χ0v) is 13.5. The van der Waals surface area contributed by atoms with Gasteiger partial charge in [-0.3, -0.25) is 0 Å². The van der Waals surface area contributed by atoms with Crippen molar-refractivity contribution in [2.24, 2.45) is 5.92 Å². The topological polar surface area (TPSA) is 12.0 Å². The van der Waals surface area contributed by atoms with Crippen LogP contribution < -0.4 is 5.32 Å². The Morgan fingerprint density at radius 3 is 2.48 bits per heavy atom. The molecule has 1 unspecified atom stereocenters. The summed E-state index contributed by atoms with van der Waals surface area (Å²) in [5.74, 6) is -0.141. The first kappa shape index (κ1) is 16.1. The highest BCUT2D eigenvalue weighted by molar-refractivity contribution is 9.10. The Hall–Kier alpha value is -1.26. The summed E-state index contributed by atoms with van der Waals surface area (Å²) in [5.41, 5.74) is 2.04. The largest absolute Gasteiger partial charge is 0.319 e. The molecule has 0 aromatic heterocycles. The molecule has 0 bridgehead atoms. The molecule has 4 heteroatoms. The van der Waals surface area contributed by atoms with Crippen molar-refractivity contribution in [1.82, 2.24) is 5.32 Å². The summed E-state index contributed by atoms with van der Waals surface area (Å²) in [7, 11) is 1.90. The van der Waals surface area contributed by atoms with Gasteiger partial charge in [-0.25, -0.2) is 8.78 Å². The van der Waals surface area contributed by atoms with Crippen LogP contribution in [0.2, 0.25) is 0 Å². The van der Waals surface area contributed by atoms with Crippen LogP contribution in [-0.4, -0.2) is 13.6 Å². The quantitative estimate of drug-likeness (QED) is 0.813. The van der Waals surface area contributed by atoms with E-state index in [2.05, 4.69) is 21.2 Å². The van der Waals surface area contributed by atoms with E-state index in [1.54, 1.807) is 18.2 Å². The maximum absolute atomic E-state index is 13.3. The summed E-state index contributed by atoms with van der Waals surface area (Å²) in [5, 5.41) is 3.17. The Morgan fingerprint density at radius 1 is 1.05 bits per heavy atom. The van der Waals surface area contributed by atoms with Gasteiger partial charge in [0.15, 0.2) is 0 Å². The van der Waals surface area contributed by atoms with Crippen LogP contribution >= 0.6 is 15.9 Å². The van der Waals surface area contributed by atoms with E-state index in [-0.39, 0.29) is 11.6 Å². The number of hydrogen-bond donors (Lipinski definition) is 1. The second-order valence-corrected chi connectivity index (χ2v) is 6.05. The van der Waals surface area contributed by atoms with E-state index in [0.29, 0.717) is 5.92 Å². The van der Waals surface area contributed by atoms with Crippen LogP contribution in [0.4, 0.5) is 8.78 Å². The lowest BCUT2D eigenvalue weighted by Gasteiger charge is -2.18. The average molecular weight is 354 g/mol. The molecule has 0 saturated heterocycles. The summed E-state index contributed by atoms with van der Waals surface area (Å²) in [6.45, 7) is 0.820. The van der Waals surface area contributed by atoms with Crippen molar-refractivity contribution in [2.45, 2.75) is 12.8 Å². The lowest BCUT2D eigenvalue weighted by Crippen LogP contribution is -2.23. The standard InChI is InChI=1S/C17H18BrF2N/c1-21-11-13(7-12-3-2-4-15(19)9-12)8-14-5-6-16(20)10-17(14)18/h2-6,9-10,13,21H,7-8,11H2,1H3. The SMILES string of the molecule is CNCC(Cc1cccc(F)c1)Cc1ccc(F)cc1Br. The molecule has 2 aromatic rings. The van der Waals surface area contributed by atoms with Gasteiger partial charge in [-0.2, -0.15) is 0 Å². The van der Waals surface area contributed by atoms with Gasteiger partial charge < -0.3 is 5.32 Å².